The molecule has 0 spiro atoms. The molecule has 3 N–H and O–H groups in total. The molecule has 1 heterocycles. The van der Waals surface area contributed by atoms with Gasteiger partial charge in [0.2, 0.25) is 5.91 Å². The highest BCUT2D eigenvalue weighted by Crippen LogP contribution is 2.38. The summed E-state index contributed by atoms with van der Waals surface area (Å²) in [5, 5.41) is 12.6. The summed E-state index contributed by atoms with van der Waals surface area (Å²) in [6.07, 6.45) is 1.41. The van der Waals surface area contributed by atoms with Crippen LogP contribution in [0.1, 0.15) is 12.8 Å². The Morgan fingerprint density at radius 2 is 2.21 bits per heavy atom. The number of carbonyl (C=O) groups excluding carboxylic acids is 1. The van der Waals surface area contributed by atoms with E-state index in [1.165, 1.54) is 0 Å². The molecule has 1 aliphatic heterocycles. The Labute approximate surface area is 91.2 Å². The summed E-state index contributed by atoms with van der Waals surface area (Å²) in [6, 6.07) is -0.811. The number of amides is 1. The van der Waals surface area contributed by atoms with Crippen molar-refractivity contribution < 1.29 is 10.0 Å². The third-order valence-electron chi connectivity index (χ3n) is 2.80. The van der Waals surface area contributed by atoms with Crippen LogP contribution < -0.4 is 10.8 Å². The Morgan fingerprint density at radius 3 is 2.86 bits per heavy atom. The number of nitrogens with one attached hydrogen (secondary N) is 2. The van der Waals surface area contributed by atoms with E-state index in [1.807, 2.05) is 5.48 Å². The summed E-state index contributed by atoms with van der Waals surface area (Å²) in [6.45, 7) is 0. The molecule has 0 saturated carbocycles. The van der Waals surface area contributed by atoms with Gasteiger partial charge in [0.1, 0.15) is 6.04 Å². The summed E-state index contributed by atoms with van der Waals surface area (Å²) < 4.78 is 0. The van der Waals surface area contributed by atoms with E-state index in [4.69, 9.17) is 28.4 Å². The van der Waals surface area contributed by atoms with E-state index in [9.17, 15) is 4.79 Å². The van der Waals surface area contributed by atoms with E-state index in [1.54, 1.807) is 0 Å². The zero-order chi connectivity index (χ0) is 10.3. The molecule has 1 saturated heterocycles. The van der Waals surface area contributed by atoms with Gasteiger partial charge in [0, 0.05) is 11.0 Å². The Balaban J connectivity index is 2.27. The van der Waals surface area contributed by atoms with Crippen molar-refractivity contribution in [3.05, 3.63) is 10.1 Å². The summed E-state index contributed by atoms with van der Waals surface area (Å²) in [5.41, 5.74) is 2.01. The minimum absolute atomic E-state index is 0.0116. The van der Waals surface area contributed by atoms with Crippen LogP contribution >= 0.6 is 23.2 Å². The van der Waals surface area contributed by atoms with Crippen molar-refractivity contribution >= 4 is 29.1 Å². The van der Waals surface area contributed by atoms with Crippen LogP contribution in [0.5, 0.6) is 0 Å². The fraction of sp³-hybridized carbons (Fsp3) is 0.625. The molecule has 4 nitrogen and oxygen atoms in total. The number of fused-ring (bicyclic) bond motifs is 1. The lowest BCUT2D eigenvalue weighted by Gasteiger charge is -2.26. The first-order chi connectivity index (χ1) is 6.65. The van der Waals surface area contributed by atoms with Gasteiger partial charge in [-0.05, 0) is 12.8 Å². The molecule has 3 atom stereocenters. The first kappa shape index (κ1) is 10.2. The molecule has 0 aromatic heterocycles. The van der Waals surface area contributed by atoms with Gasteiger partial charge in [-0.15, -0.1) is 0 Å². The summed E-state index contributed by atoms with van der Waals surface area (Å²) >= 11 is 11.9. The first-order valence-electron chi connectivity index (χ1n) is 4.39. The highest BCUT2D eigenvalue weighted by atomic mass is 35.5. The Kier molecular flexibility index (Phi) is 2.70. The molecule has 0 radical (unpaired) electrons. The maximum atomic E-state index is 11.4. The van der Waals surface area contributed by atoms with Crippen LogP contribution in [0.25, 0.3) is 0 Å². The standard InChI is InChI=1S/C8H10Cl2N2O2/c9-4-2-1-3-6(5(4)10)11-8(13)7(3)12-14/h3,6-7,12,14H,1-2H2,(H,11,13). The number of hydrogen-bond donors (Lipinski definition) is 3. The van der Waals surface area contributed by atoms with Crippen LogP contribution in [-0.2, 0) is 4.79 Å². The molecule has 2 rings (SSSR count). The summed E-state index contributed by atoms with van der Waals surface area (Å²) in [5.74, 6) is -0.241. The fourth-order valence-electron chi connectivity index (χ4n) is 2.06. The van der Waals surface area contributed by atoms with Gasteiger partial charge in [0.15, 0.2) is 0 Å². The van der Waals surface area contributed by atoms with Gasteiger partial charge >= 0.3 is 0 Å². The molecule has 0 aromatic rings. The minimum atomic E-state index is -0.571. The third kappa shape index (κ3) is 1.42. The summed E-state index contributed by atoms with van der Waals surface area (Å²) in [7, 11) is 0. The summed E-state index contributed by atoms with van der Waals surface area (Å²) in [4.78, 5) is 11.4. The maximum absolute atomic E-state index is 11.4. The van der Waals surface area contributed by atoms with Gasteiger partial charge in [0.05, 0.1) is 11.1 Å². The lowest BCUT2D eigenvalue weighted by Crippen LogP contribution is -2.38. The molecule has 0 bridgehead atoms. The van der Waals surface area contributed by atoms with E-state index in [-0.39, 0.29) is 17.9 Å². The van der Waals surface area contributed by atoms with E-state index in [0.717, 1.165) is 6.42 Å². The molecule has 1 aliphatic carbocycles. The Hall–Kier alpha value is -0.290. The van der Waals surface area contributed by atoms with Gasteiger partial charge in [-0.2, -0.15) is 5.48 Å². The Bertz CT molecular complexity index is 306. The monoisotopic (exact) mass is 236 g/mol. The average Bonchev–Trinajstić information content (AvgIpc) is 2.49. The van der Waals surface area contributed by atoms with Crippen LogP contribution in [-0.4, -0.2) is 23.2 Å². The SMILES string of the molecule is O=C1NC2C(Cl)=C(Cl)CCC2C1NO. The zero-order valence-electron chi connectivity index (χ0n) is 7.26. The number of carbonyl (C=O) groups is 1. The molecule has 0 aromatic carbocycles. The zero-order valence-corrected chi connectivity index (χ0v) is 8.77. The normalized spacial score (nSPS) is 37.1. The van der Waals surface area contributed by atoms with Crippen molar-refractivity contribution in [2.45, 2.75) is 24.9 Å². The van der Waals surface area contributed by atoms with Crippen molar-refractivity contribution in [1.82, 2.24) is 10.8 Å². The van der Waals surface area contributed by atoms with Crippen LogP contribution in [0.15, 0.2) is 10.1 Å². The lowest BCUT2D eigenvalue weighted by molar-refractivity contribution is -0.123. The van der Waals surface area contributed by atoms with E-state index < -0.39 is 6.04 Å². The maximum Gasteiger partial charge on any atom is 0.240 e. The number of halogens is 2. The highest BCUT2D eigenvalue weighted by molar-refractivity contribution is 6.39. The number of hydroxylamine groups is 1. The van der Waals surface area contributed by atoms with Gasteiger partial charge in [-0.3, -0.25) is 4.79 Å². The highest BCUT2D eigenvalue weighted by Gasteiger charge is 2.45. The van der Waals surface area contributed by atoms with Gasteiger partial charge in [0.25, 0.3) is 0 Å². The van der Waals surface area contributed by atoms with Crippen LogP contribution in [0.4, 0.5) is 0 Å². The van der Waals surface area contributed by atoms with Crippen LogP contribution in [0, 0.1) is 5.92 Å². The van der Waals surface area contributed by atoms with Crippen LogP contribution in [0.2, 0.25) is 0 Å². The minimum Gasteiger partial charge on any atom is -0.347 e. The molecule has 1 amide bonds. The van der Waals surface area contributed by atoms with Crippen molar-refractivity contribution in [2.75, 3.05) is 0 Å². The number of rotatable bonds is 1. The second-order valence-corrected chi connectivity index (χ2v) is 4.41. The Morgan fingerprint density at radius 1 is 1.50 bits per heavy atom. The van der Waals surface area contributed by atoms with Crippen LogP contribution in [0.3, 0.4) is 0 Å². The molecule has 6 heteroatoms. The molecular formula is C8H10Cl2N2O2. The molecule has 2 aliphatic rings. The average molecular weight is 237 g/mol. The third-order valence-corrected chi connectivity index (χ3v) is 3.76. The second-order valence-electron chi connectivity index (χ2n) is 3.55. The second kappa shape index (κ2) is 3.70. The van der Waals surface area contributed by atoms with Crippen molar-refractivity contribution in [1.29, 1.82) is 0 Å². The van der Waals surface area contributed by atoms with Crippen molar-refractivity contribution in [3.63, 3.8) is 0 Å². The van der Waals surface area contributed by atoms with Gasteiger partial charge < -0.3 is 10.5 Å². The quantitative estimate of drug-likeness (QED) is 0.594. The van der Waals surface area contributed by atoms with E-state index >= 15 is 0 Å². The predicted molar refractivity (Wildman–Crippen MR) is 52.1 cm³/mol. The first-order valence-corrected chi connectivity index (χ1v) is 5.14. The predicted octanol–water partition coefficient (Wildman–Crippen LogP) is 0.931. The topological polar surface area (TPSA) is 61.4 Å². The smallest absolute Gasteiger partial charge is 0.240 e. The molecular weight excluding hydrogens is 227 g/mol. The number of allylic oxidation sites excluding steroid dienone is 1. The molecule has 78 valence electrons. The lowest BCUT2D eigenvalue weighted by atomic mass is 9.87. The number of hydrogen-bond acceptors (Lipinski definition) is 3. The molecule has 3 unspecified atom stereocenters. The fourth-order valence-corrected chi connectivity index (χ4v) is 2.60. The van der Waals surface area contributed by atoms with E-state index in [0.29, 0.717) is 16.5 Å². The van der Waals surface area contributed by atoms with Gasteiger partial charge in [-0.25, -0.2) is 0 Å². The van der Waals surface area contributed by atoms with Crippen molar-refractivity contribution in [3.8, 4) is 0 Å². The largest absolute Gasteiger partial charge is 0.347 e. The molecule has 1 fully saturated rings. The van der Waals surface area contributed by atoms with E-state index in [2.05, 4.69) is 5.32 Å². The van der Waals surface area contributed by atoms with Gasteiger partial charge in [-0.1, -0.05) is 23.2 Å². The molecule has 14 heavy (non-hydrogen) atoms. The van der Waals surface area contributed by atoms with Crippen molar-refractivity contribution in [2.24, 2.45) is 5.92 Å².